The van der Waals surface area contributed by atoms with Gasteiger partial charge >= 0.3 is 11.9 Å². The Morgan fingerprint density at radius 3 is 2.13 bits per heavy atom. The molecule has 0 fully saturated rings. The van der Waals surface area contributed by atoms with Crippen molar-refractivity contribution in [3.05, 3.63) is 0 Å². The van der Waals surface area contributed by atoms with Crippen LogP contribution in [0.3, 0.4) is 0 Å². The molecular formula is C12H20N4O7. The zero-order chi connectivity index (χ0) is 18.0. The molecule has 11 heteroatoms. The molecule has 7 N–H and O–H groups in total. The predicted molar refractivity (Wildman–Crippen MR) is 76.1 cm³/mol. The highest BCUT2D eigenvalue weighted by Crippen LogP contribution is 1.99. The van der Waals surface area contributed by atoms with E-state index in [1.54, 1.807) is 0 Å². The standard InChI is InChI=1S/C12H20N4O7/c1-6(12(22)23)15-11(21)7(2-3-10(19)20)16-9(18)5-14-8(17)4-13/h6-7H,2-5,13H2,1H3,(H,14,17)(H,15,21)(H,16,18)(H,19,20)(H,22,23). The second kappa shape index (κ2) is 10.1. The molecule has 0 aromatic heterocycles. The summed E-state index contributed by atoms with van der Waals surface area (Å²) in [5.74, 6) is -4.61. The van der Waals surface area contributed by atoms with Gasteiger partial charge in [-0.15, -0.1) is 0 Å². The summed E-state index contributed by atoms with van der Waals surface area (Å²) in [5.41, 5.74) is 5.04. The number of carbonyl (C=O) groups is 5. The van der Waals surface area contributed by atoms with E-state index in [4.69, 9.17) is 15.9 Å². The number of carboxylic acids is 2. The molecule has 23 heavy (non-hydrogen) atoms. The molecule has 0 aliphatic rings. The maximum absolute atomic E-state index is 11.9. The summed E-state index contributed by atoms with van der Waals surface area (Å²) in [6, 6.07) is -2.45. The van der Waals surface area contributed by atoms with Crippen LogP contribution in [0.15, 0.2) is 0 Å². The number of nitrogens with one attached hydrogen (secondary N) is 3. The molecule has 0 saturated heterocycles. The van der Waals surface area contributed by atoms with E-state index < -0.39 is 54.7 Å². The fourth-order valence-corrected chi connectivity index (χ4v) is 1.41. The number of rotatable bonds is 10. The van der Waals surface area contributed by atoms with Gasteiger partial charge in [0.25, 0.3) is 0 Å². The second-order valence-electron chi connectivity index (χ2n) is 4.60. The maximum Gasteiger partial charge on any atom is 0.325 e. The van der Waals surface area contributed by atoms with Crippen LogP contribution in [0.25, 0.3) is 0 Å². The third-order valence-electron chi connectivity index (χ3n) is 2.66. The van der Waals surface area contributed by atoms with Gasteiger partial charge in [0.1, 0.15) is 12.1 Å². The second-order valence-corrected chi connectivity index (χ2v) is 4.60. The number of carbonyl (C=O) groups excluding carboxylic acids is 3. The Labute approximate surface area is 131 Å². The lowest BCUT2D eigenvalue weighted by atomic mass is 10.1. The van der Waals surface area contributed by atoms with Gasteiger partial charge in [0.05, 0.1) is 13.1 Å². The van der Waals surface area contributed by atoms with Crippen molar-refractivity contribution < 1.29 is 34.2 Å². The van der Waals surface area contributed by atoms with E-state index >= 15 is 0 Å². The number of hydrogen-bond acceptors (Lipinski definition) is 6. The Bertz CT molecular complexity index is 480. The topological polar surface area (TPSA) is 188 Å². The molecule has 0 rings (SSSR count). The van der Waals surface area contributed by atoms with Crippen LogP contribution in [0.4, 0.5) is 0 Å². The van der Waals surface area contributed by atoms with E-state index in [9.17, 15) is 24.0 Å². The number of carboxylic acid groups (broad SMARTS) is 2. The monoisotopic (exact) mass is 332 g/mol. The van der Waals surface area contributed by atoms with Crippen molar-refractivity contribution in [3.63, 3.8) is 0 Å². The fourth-order valence-electron chi connectivity index (χ4n) is 1.41. The normalized spacial score (nSPS) is 12.6. The van der Waals surface area contributed by atoms with Crippen LogP contribution in [0.1, 0.15) is 19.8 Å². The van der Waals surface area contributed by atoms with E-state index in [-0.39, 0.29) is 13.0 Å². The smallest absolute Gasteiger partial charge is 0.325 e. The minimum absolute atomic E-state index is 0.232. The highest BCUT2D eigenvalue weighted by atomic mass is 16.4. The molecular weight excluding hydrogens is 312 g/mol. The maximum atomic E-state index is 11.9. The zero-order valence-corrected chi connectivity index (χ0v) is 12.5. The van der Waals surface area contributed by atoms with Crippen LogP contribution in [0.2, 0.25) is 0 Å². The highest BCUT2D eigenvalue weighted by molar-refractivity contribution is 5.92. The molecule has 11 nitrogen and oxygen atoms in total. The van der Waals surface area contributed by atoms with Crippen molar-refractivity contribution >= 4 is 29.7 Å². The molecule has 0 aromatic carbocycles. The van der Waals surface area contributed by atoms with Crippen LogP contribution in [-0.2, 0) is 24.0 Å². The molecule has 0 spiro atoms. The summed E-state index contributed by atoms with van der Waals surface area (Å²) in [5, 5.41) is 23.9. The summed E-state index contributed by atoms with van der Waals surface area (Å²) < 4.78 is 0. The SMILES string of the molecule is CC(NC(=O)C(CCC(=O)O)NC(=O)CNC(=O)CN)C(=O)O. The quantitative estimate of drug-likeness (QED) is 0.244. The summed E-state index contributed by atoms with van der Waals surface area (Å²) in [4.78, 5) is 55.8. The third kappa shape index (κ3) is 9.03. The first-order valence-electron chi connectivity index (χ1n) is 6.68. The Hall–Kier alpha value is -2.69. The first kappa shape index (κ1) is 20.3. The van der Waals surface area contributed by atoms with Gasteiger partial charge in [0.15, 0.2) is 0 Å². The van der Waals surface area contributed by atoms with E-state index in [1.165, 1.54) is 6.92 Å². The average Bonchev–Trinajstić information content (AvgIpc) is 2.48. The average molecular weight is 332 g/mol. The van der Waals surface area contributed by atoms with Crippen molar-refractivity contribution in [1.29, 1.82) is 0 Å². The van der Waals surface area contributed by atoms with Gasteiger partial charge in [-0.2, -0.15) is 0 Å². The molecule has 0 aliphatic carbocycles. The molecule has 2 unspecified atom stereocenters. The Balaban J connectivity index is 4.69. The van der Waals surface area contributed by atoms with Crippen LogP contribution in [0, 0.1) is 0 Å². The van der Waals surface area contributed by atoms with E-state index in [0.717, 1.165) is 0 Å². The molecule has 0 bridgehead atoms. The summed E-state index contributed by atoms with van der Waals surface area (Å²) in [6.45, 7) is 0.464. The Kier molecular flexibility index (Phi) is 8.92. The molecule has 0 saturated carbocycles. The summed E-state index contributed by atoms with van der Waals surface area (Å²) in [6.07, 6.45) is -0.640. The first-order chi connectivity index (χ1) is 10.7. The van der Waals surface area contributed by atoms with Gasteiger partial charge in [0.2, 0.25) is 17.7 Å². The predicted octanol–water partition coefficient (Wildman–Crippen LogP) is -3.00. The van der Waals surface area contributed by atoms with E-state index in [1.807, 2.05) is 0 Å². The lowest BCUT2D eigenvalue weighted by Gasteiger charge is -2.19. The fraction of sp³-hybridized carbons (Fsp3) is 0.583. The van der Waals surface area contributed by atoms with Gasteiger partial charge in [-0.05, 0) is 13.3 Å². The highest BCUT2D eigenvalue weighted by Gasteiger charge is 2.24. The molecule has 3 amide bonds. The van der Waals surface area contributed by atoms with Crippen LogP contribution in [-0.4, -0.2) is 65.0 Å². The molecule has 0 heterocycles. The van der Waals surface area contributed by atoms with Gasteiger partial charge < -0.3 is 31.9 Å². The summed E-state index contributed by atoms with van der Waals surface area (Å²) in [7, 11) is 0. The number of aliphatic carboxylic acids is 2. The van der Waals surface area contributed by atoms with Crippen molar-refractivity contribution in [2.75, 3.05) is 13.1 Å². The first-order valence-corrected chi connectivity index (χ1v) is 6.68. The minimum atomic E-state index is -1.28. The van der Waals surface area contributed by atoms with Crippen molar-refractivity contribution in [1.82, 2.24) is 16.0 Å². The van der Waals surface area contributed by atoms with E-state index in [2.05, 4.69) is 16.0 Å². The van der Waals surface area contributed by atoms with Gasteiger partial charge in [-0.25, -0.2) is 0 Å². The molecule has 130 valence electrons. The summed E-state index contributed by atoms with van der Waals surface area (Å²) >= 11 is 0. The third-order valence-corrected chi connectivity index (χ3v) is 2.66. The Morgan fingerprint density at radius 1 is 1.04 bits per heavy atom. The van der Waals surface area contributed by atoms with E-state index in [0.29, 0.717) is 0 Å². The Morgan fingerprint density at radius 2 is 1.65 bits per heavy atom. The number of amides is 3. The molecule has 0 radical (unpaired) electrons. The van der Waals surface area contributed by atoms with Crippen LogP contribution >= 0.6 is 0 Å². The number of hydrogen-bond donors (Lipinski definition) is 6. The largest absolute Gasteiger partial charge is 0.481 e. The van der Waals surface area contributed by atoms with Crippen molar-refractivity contribution in [3.8, 4) is 0 Å². The zero-order valence-electron chi connectivity index (χ0n) is 12.5. The van der Waals surface area contributed by atoms with Crippen molar-refractivity contribution in [2.45, 2.75) is 31.8 Å². The number of nitrogens with two attached hydrogens (primary N) is 1. The van der Waals surface area contributed by atoms with Gasteiger partial charge in [-0.3, -0.25) is 24.0 Å². The van der Waals surface area contributed by atoms with Crippen molar-refractivity contribution in [2.24, 2.45) is 5.73 Å². The lowest BCUT2D eigenvalue weighted by Crippen LogP contribution is -2.52. The molecule has 0 aliphatic heterocycles. The molecule has 2 atom stereocenters. The van der Waals surface area contributed by atoms with Crippen LogP contribution < -0.4 is 21.7 Å². The minimum Gasteiger partial charge on any atom is -0.481 e. The van der Waals surface area contributed by atoms with Crippen LogP contribution in [0.5, 0.6) is 0 Å². The van der Waals surface area contributed by atoms with Gasteiger partial charge in [-0.1, -0.05) is 0 Å². The molecule has 0 aromatic rings. The lowest BCUT2D eigenvalue weighted by molar-refractivity contribution is -0.142. The van der Waals surface area contributed by atoms with Gasteiger partial charge in [0, 0.05) is 6.42 Å².